The van der Waals surface area contributed by atoms with Gasteiger partial charge in [0.1, 0.15) is 6.61 Å². The van der Waals surface area contributed by atoms with Crippen molar-refractivity contribution < 1.29 is 14.6 Å². The Kier molecular flexibility index (Phi) is 1.56. The topological polar surface area (TPSA) is 46.5 Å². The maximum absolute atomic E-state index is 10.7. The Morgan fingerprint density at radius 3 is 2.81 bits per heavy atom. The highest BCUT2D eigenvalue weighted by Crippen LogP contribution is 2.78. The van der Waals surface area contributed by atoms with Crippen molar-refractivity contribution in [1.29, 1.82) is 0 Å². The van der Waals surface area contributed by atoms with Crippen LogP contribution in [0.1, 0.15) is 38.5 Å². The lowest BCUT2D eigenvalue weighted by Crippen LogP contribution is -2.59. The van der Waals surface area contributed by atoms with Crippen molar-refractivity contribution in [1.82, 2.24) is 0 Å². The van der Waals surface area contributed by atoms with Gasteiger partial charge in [0.25, 0.3) is 0 Å². The zero-order chi connectivity index (χ0) is 11.0. The van der Waals surface area contributed by atoms with E-state index in [2.05, 4.69) is 0 Å². The van der Waals surface area contributed by atoms with Gasteiger partial charge in [-0.05, 0) is 56.3 Å². The fourth-order valence-corrected chi connectivity index (χ4v) is 5.76. The molecule has 0 aromatic rings. The lowest BCUT2D eigenvalue weighted by molar-refractivity contribution is -0.216. The van der Waals surface area contributed by atoms with Crippen LogP contribution in [0.3, 0.4) is 0 Å². The Labute approximate surface area is 95.2 Å². The zero-order valence-electron chi connectivity index (χ0n) is 9.45. The van der Waals surface area contributed by atoms with E-state index in [-0.39, 0.29) is 12.2 Å². The summed E-state index contributed by atoms with van der Waals surface area (Å²) in [6, 6.07) is 0. The first-order valence-corrected chi connectivity index (χ1v) is 6.49. The molecule has 3 nitrogen and oxygen atoms in total. The van der Waals surface area contributed by atoms with Gasteiger partial charge in [-0.15, -0.1) is 0 Å². The van der Waals surface area contributed by atoms with Crippen LogP contribution >= 0.6 is 0 Å². The van der Waals surface area contributed by atoms with Crippen LogP contribution in [-0.4, -0.2) is 23.3 Å². The highest BCUT2D eigenvalue weighted by atomic mass is 16.5. The van der Waals surface area contributed by atoms with Crippen LogP contribution < -0.4 is 0 Å². The summed E-state index contributed by atoms with van der Waals surface area (Å²) in [7, 11) is 0. The fourth-order valence-electron chi connectivity index (χ4n) is 5.76. The number of carbonyl (C=O) groups is 1. The molecule has 1 N–H and O–H groups in total. The summed E-state index contributed by atoms with van der Waals surface area (Å²) in [5.74, 6) is 1.81. The molecule has 16 heavy (non-hydrogen) atoms. The van der Waals surface area contributed by atoms with E-state index in [1.54, 1.807) is 0 Å². The first kappa shape index (κ1) is 9.46. The molecule has 4 aliphatic carbocycles. The van der Waals surface area contributed by atoms with Crippen LogP contribution in [0.4, 0.5) is 0 Å². The molecule has 3 heteroatoms. The van der Waals surface area contributed by atoms with Gasteiger partial charge < -0.3 is 9.84 Å². The predicted molar refractivity (Wildman–Crippen MR) is 56.9 cm³/mol. The van der Waals surface area contributed by atoms with E-state index in [4.69, 9.17) is 9.84 Å². The second-order valence-corrected chi connectivity index (χ2v) is 6.55. The van der Waals surface area contributed by atoms with E-state index < -0.39 is 5.97 Å². The molecule has 0 amide bonds. The van der Waals surface area contributed by atoms with Crippen LogP contribution in [0.25, 0.3) is 0 Å². The lowest BCUT2D eigenvalue weighted by Gasteiger charge is -2.58. The third-order valence-corrected chi connectivity index (χ3v) is 5.95. The highest BCUT2D eigenvalue weighted by molar-refractivity contribution is 5.68. The Hall–Kier alpha value is -0.570. The number of rotatable bonds is 3. The first-order valence-electron chi connectivity index (χ1n) is 6.49. The van der Waals surface area contributed by atoms with Crippen LogP contribution in [0.15, 0.2) is 0 Å². The maximum atomic E-state index is 10.7. The van der Waals surface area contributed by atoms with Gasteiger partial charge in [-0.25, -0.2) is 4.79 Å². The quantitative estimate of drug-likeness (QED) is 0.795. The summed E-state index contributed by atoms with van der Waals surface area (Å²) in [6.45, 7) is -0.0914. The third-order valence-electron chi connectivity index (χ3n) is 5.95. The van der Waals surface area contributed by atoms with Crippen LogP contribution in [0, 0.1) is 23.2 Å². The molecule has 0 aromatic heterocycles. The Bertz CT molecular complexity index is 360. The molecule has 0 aromatic carbocycles. The van der Waals surface area contributed by atoms with E-state index in [9.17, 15) is 4.79 Å². The lowest BCUT2D eigenvalue weighted by atomic mass is 9.52. The average Bonchev–Trinajstić information content (AvgIpc) is 2.52. The first-order chi connectivity index (χ1) is 7.64. The van der Waals surface area contributed by atoms with E-state index in [0.29, 0.717) is 5.41 Å². The highest BCUT2D eigenvalue weighted by Gasteiger charge is 2.75. The molecule has 0 aliphatic heterocycles. The molecule has 3 bridgehead atoms. The predicted octanol–water partition coefficient (Wildman–Crippen LogP) is 2.06. The van der Waals surface area contributed by atoms with Gasteiger partial charge in [0.05, 0.1) is 5.60 Å². The van der Waals surface area contributed by atoms with Crippen molar-refractivity contribution in [3.05, 3.63) is 0 Å². The summed E-state index contributed by atoms with van der Waals surface area (Å²) in [5, 5.41) is 8.79. The molecule has 88 valence electrons. The van der Waals surface area contributed by atoms with Gasteiger partial charge in [0, 0.05) is 5.41 Å². The summed E-state index contributed by atoms with van der Waals surface area (Å²) in [5.41, 5.74) is 0.391. The molecule has 0 heterocycles. The minimum absolute atomic E-state index is 0.0219. The van der Waals surface area contributed by atoms with Crippen molar-refractivity contribution in [2.45, 2.75) is 44.1 Å². The monoisotopic (exact) mass is 222 g/mol. The Morgan fingerprint density at radius 2 is 2.00 bits per heavy atom. The van der Waals surface area contributed by atoms with Crippen molar-refractivity contribution >= 4 is 5.97 Å². The van der Waals surface area contributed by atoms with E-state index in [1.807, 2.05) is 0 Å². The van der Waals surface area contributed by atoms with Gasteiger partial charge >= 0.3 is 5.97 Å². The van der Waals surface area contributed by atoms with Gasteiger partial charge in [0.15, 0.2) is 0 Å². The van der Waals surface area contributed by atoms with Gasteiger partial charge in [-0.3, -0.25) is 0 Å². The van der Waals surface area contributed by atoms with Crippen molar-refractivity contribution in [2.75, 3.05) is 6.61 Å². The molecule has 0 radical (unpaired) electrons. The number of ether oxygens (including phenoxy) is 1. The van der Waals surface area contributed by atoms with Crippen LogP contribution in [-0.2, 0) is 9.53 Å². The summed E-state index contributed by atoms with van der Waals surface area (Å²) in [6.07, 6.45) is 7.73. The van der Waals surface area contributed by atoms with Gasteiger partial charge in [0.2, 0.25) is 0 Å². The molecule has 4 saturated carbocycles. The minimum atomic E-state index is -0.815. The van der Waals surface area contributed by atoms with E-state index >= 15 is 0 Å². The SMILES string of the molecule is O=C(O)COC12CC3CC4CC(C1)C2(C4)C3. The number of aliphatic carboxylic acids is 1. The average molecular weight is 222 g/mol. The number of hydrogen-bond acceptors (Lipinski definition) is 2. The Morgan fingerprint density at radius 1 is 1.19 bits per heavy atom. The van der Waals surface area contributed by atoms with Crippen molar-refractivity contribution in [3.63, 3.8) is 0 Å². The summed E-state index contributed by atoms with van der Waals surface area (Å²) in [4.78, 5) is 10.7. The standard InChI is InChI=1S/C13H18O3/c14-11(15)7-16-13-5-9-1-8-2-10(6-13)12(13,3-8)4-9/h8-10H,1-7H2,(H,14,15). The zero-order valence-corrected chi connectivity index (χ0v) is 9.45. The number of hydrogen-bond donors (Lipinski definition) is 1. The maximum Gasteiger partial charge on any atom is 0.329 e. The third kappa shape index (κ3) is 0.885. The van der Waals surface area contributed by atoms with Crippen molar-refractivity contribution in [2.24, 2.45) is 23.2 Å². The smallest absolute Gasteiger partial charge is 0.329 e. The van der Waals surface area contributed by atoms with Crippen molar-refractivity contribution in [3.8, 4) is 0 Å². The number of carboxylic acids is 1. The molecule has 4 rings (SSSR count). The summed E-state index contributed by atoms with van der Waals surface area (Å²) >= 11 is 0. The minimum Gasteiger partial charge on any atom is -0.480 e. The molecule has 4 fully saturated rings. The number of carboxylic acid groups (broad SMARTS) is 1. The normalized spacial score (nSPS) is 56.1. The molecule has 1 spiro atoms. The van der Waals surface area contributed by atoms with Gasteiger partial charge in [-0.2, -0.15) is 0 Å². The van der Waals surface area contributed by atoms with Gasteiger partial charge in [-0.1, -0.05) is 0 Å². The van der Waals surface area contributed by atoms with E-state index in [0.717, 1.165) is 30.6 Å². The molecule has 4 aliphatic rings. The molecule has 0 saturated heterocycles. The Balaban J connectivity index is 1.64. The largest absolute Gasteiger partial charge is 0.480 e. The fraction of sp³-hybridized carbons (Fsp3) is 0.923. The van der Waals surface area contributed by atoms with Crippen LogP contribution in [0.5, 0.6) is 0 Å². The molecule has 5 atom stereocenters. The second kappa shape index (κ2) is 2.63. The molecular weight excluding hydrogens is 204 g/mol. The summed E-state index contributed by atoms with van der Waals surface area (Å²) < 4.78 is 5.85. The molecule has 5 unspecified atom stereocenters. The second-order valence-electron chi connectivity index (χ2n) is 6.55. The van der Waals surface area contributed by atoms with Crippen LogP contribution in [0.2, 0.25) is 0 Å². The number of fused-ring (bicyclic) bond motifs is 2. The molecular formula is C13H18O3. The van der Waals surface area contributed by atoms with E-state index in [1.165, 1.54) is 25.7 Å².